The van der Waals surface area contributed by atoms with Gasteiger partial charge in [0.2, 0.25) is 11.1 Å². The van der Waals surface area contributed by atoms with Crippen molar-refractivity contribution in [3.63, 3.8) is 0 Å². The Morgan fingerprint density at radius 1 is 1.19 bits per heavy atom. The summed E-state index contributed by atoms with van der Waals surface area (Å²) < 4.78 is 14.3. The summed E-state index contributed by atoms with van der Waals surface area (Å²) in [4.78, 5) is 12.2. The molecule has 0 bridgehead atoms. The Bertz CT molecular complexity index is 882. The smallest absolute Gasteiger partial charge is 0.230 e. The predicted octanol–water partition coefficient (Wildman–Crippen LogP) is 2.77. The maximum absolute atomic E-state index is 13.0. The second-order valence-electron chi connectivity index (χ2n) is 5.67. The normalized spacial score (nSPS) is 11.9. The minimum absolute atomic E-state index is 0.0881. The van der Waals surface area contributed by atoms with E-state index in [1.165, 1.54) is 28.6 Å². The fourth-order valence-corrected chi connectivity index (χ4v) is 3.08. The lowest BCUT2D eigenvalue weighted by atomic mass is 10.1. The summed E-state index contributed by atoms with van der Waals surface area (Å²) >= 11 is 1.19. The van der Waals surface area contributed by atoms with E-state index in [0.29, 0.717) is 16.5 Å². The van der Waals surface area contributed by atoms with Crippen LogP contribution in [0.3, 0.4) is 0 Å². The first-order valence-corrected chi connectivity index (χ1v) is 8.96. The van der Waals surface area contributed by atoms with Crippen LogP contribution in [0.2, 0.25) is 0 Å². The first-order valence-electron chi connectivity index (χ1n) is 7.98. The molecule has 0 aliphatic heterocycles. The van der Waals surface area contributed by atoms with Gasteiger partial charge in [0, 0.05) is 5.56 Å². The molecule has 1 heterocycles. The lowest BCUT2D eigenvalue weighted by Gasteiger charge is -2.13. The Balaban J connectivity index is 1.60. The SMILES string of the molecule is C[C@H](NC(=O)CSc1nnc(-c2ccc(F)cc2)n1N)c1ccccc1. The maximum Gasteiger partial charge on any atom is 0.230 e. The summed E-state index contributed by atoms with van der Waals surface area (Å²) in [6, 6.07) is 15.4. The number of nitrogen functional groups attached to an aromatic ring is 1. The number of carbonyl (C=O) groups is 1. The highest BCUT2D eigenvalue weighted by molar-refractivity contribution is 7.99. The molecule has 1 aromatic heterocycles. The molecule has 26 heavy (non-hydrogen) atoms. The Labute approximate surface area is 154 Å². The van der Waals surface area contributed by atoms with Crippen LogP contribution >= 0.6 is 11.8 Å². The summed E-state index contributed by atoms with van der Waals surface area (Å²) in [6.45, 7) is 1.93. The van der Waals surface area contributed by atoms with Gasteiger partial charge in [-0.05, 0) is 36.8 Å². The molecular weight excluding hydrogens is 353 g/mol. The van der Waals surface area contributed by atoms with Crippen molar-refractivity contribution in [2.45, 2.75) is 18.1 Å². The van der Waals surface area contributed by atoms with E-state index in [9.17, 15) is 9.18 Å². The number of carbonyl (C=O) groups excluding carboxylic acids is 1. The number of benzene rings is 2. The lowest BCUT2D eigenvalue weighted by Crippen LogP contribution is -2.28. The van der Waals surface area contributed by atoms with Gasteiger partial charge in [-0.1, -0.05) is 42.1 Å². The molecule has 1 atom stereocenters. The third kappa shape index (κ3) is 4.20. The van der Waals surface area contributed by atoms with Crippen LogP contribution in [0.15, 0.2) is 59.8 Å². The minimum Gasteiger partial charge on any atom is -0.349 e. The van der Waals surface area contributed by atoms with E-state index in [0.717, 1.165) is 5.56 Å². The molecule has 0 spiro atoms. The van der Waals surface area contributed by atoms with Crippen LogP contribution in [-0.4, -0.2) is 26.5 Å². The highest BCUT2D eigenvalue weighted by Crippen LogP contribution is 2.22. The molecule has 0 saturated carbocycles. The van der Waals surface area contributed by atoms with Crippen molar-refractivity contribution in [1.29, 1.82) is 0 Å². The Kier molecular flexibility index (Phi) is 5.52. The number of amides is 1. The van der Waals surface area contributed by atoms with E-state index in [2.05, 4.69) is 15.5 Å². The van der Waals surface area contributed by atoms with Crippen LogP contribution < -0.4 is 11.2 Å². The average molecular weight is 371 g/mol. The van der Waals surface area contributed by atoms with Gasteiger partial charge >= 0.3 is 0 Å². The number of halogens is 1. The molecule has 0 fully saturated rings. The second kappa shape index (κ2) is 8.01. The van der Waals surface area contributed by atoms with Crippen LogP contribution in [0.4, 0.5) is 4.39 Å². The quantitative estimate of drug-likeness (QED) is 0.514. The van der Waals surface area contributed by atoms with Crippen molar-refractivity contribution in [2.75, 3.05) is 11.6 Å². The highest BCUT2D eigenvalue weighted by Gasteiger charge is 2.15. The van der Waals surface area contributed by atoms with Crippen LogP contribution in [-0.2, 0) is 4.79 Å². The standard InChI is InChI=1S/C18H18FN5OS/c1-12(13-5-3-2-4-6-13)21-16(25)11-26-18-23-22-17(24(18)20)14-7-9-15(19)10-8-14/h2-10,12H,11,20H2,1H3,(H,21,25)/t12-/m0/s1. The number of thioether (sulfide) groups is 1. The molecule has 8 heteroatoms. The van der Waals surface area contributed by atoms with Crippen molar-refractivity contribution in [3.8, 4) is 11.4 Å². The first kappa shape index (κ1) is 17.9. The van der Waals surface area contributed by atoms with Gasteiger partial charge in [0.05, 0.1) is 11.8 Å². The molecule has 0 aliphatic carbocycles. The predicted molar refractivity (Wildman–Crippen MR) is 99.3 cm³/mol. The Hall–Kier alpha value is -2.87. The molecular formula is C18H18FN5OS. The molecule has 3 rings (SSSR count). The molecule has 1 amide bonds. The number of nitrogens with zero attached hydrogens (tertiary/aromatic N) is 3. The van der Waals surface area contributed by atoms with Gasteiger partial charge in [-0.2, -0.15) is 0 Å². The highest BCUT2D eigenvalue weighted by atomic mass is 32.2. The maximum atomic E-state index is 13.0. The van der Waals surface area contributed by atoms with Crippen molar-refractivity contribution < 1.29 is 9.18 Å². The van der Waals surface area contributed by atoms with Gasteiger partial charge < -0.3 is 11.2 Å². The van der Waals surface area contributed by atoms with Crippen molar-refractivity contribution >= 4 is 17.7 Å². The van der Waals surface area contributed by atoms with E-state index >= 15 is 0 Å². The Morgan fingerprint density at radius 2 is 1.88 bits per heavy atom. The van der Waals surface area contributed by atoms with E-state index in [-0.39, 0.29) is 23.5 Å². The summed E-state index contributed by atoms with van der Waals surface area (Å²) in [5.74, 6) is 6.10. The number of nitrogens with two attached hydrogens (primary N) is 1. The largest absolute Gasteiger partial charge is 0.349 e. The van der Waals surface area contributed by atoms with Gasteiger partial charge in [-0.25, -0.2) is 9.07 Å². The van der Waals surface area contributed by atoms with Crippen molar-refractivity contribution in [2.24, 2.45) is 0 Å². The van der Waals surface area contributed by atoms with Crippen LogP contribution in [0, 0.1) is 5.82 Å². The van der Waals surface area contributed by atoms with E-state index in [1.807, 2.05) is 37.3 Å². The van der Waals surface area contributed by atoms with Crippen molar-refractivity contribution in [3.05, 3.63) is 66.0 Å². The zero-order valence-corrected chi connectivity index (χ0v) is 14.9. The monoisotopic (exact) mass is 371 g/mol. The third-order valence-corrected chi connectivity index (χ3v) is 4.72. The average Bonchev–Trinajstić information content (AvgIpc) is 3.02. The van der Waals surface area contributed by atoms with Crippen LogP contribution in [0.5, 0.6) is 0 Å². The second-order valence-corrected chi connectivity index (χ2v) is 6.61. The number of hydrogen-bond acceptors (Lipinski definition) is 5. The van der Waals surface area contributed by atoms with Crippen LogP contribution in [0.25, 0.3) is 11.4 Å². The molecule has 2 aromatic carbocycles. The summed E-state index contributed by atoms with van der Waals surface area (Å²) in [7, 11) is 0. The minimum atomic E-state index is -0.337. The van der Waals surface area contributed by atoms with E-state index < -0.39 is 0 Å². The molecule has 3 aromatic rings. The zero-order chi connectivity index (χ0) is 18.5. The topological polar surface area (TPSA) is 85.8 Å². The number of aromatic nitrogens is 3. The van der Waals surface area contributed by atoms with Crippen molar-refractivity contribution in [1.82, 2.24) is 20.2 Å². The van der Waals surface area contributed by atoms with Gasteiger partial charge in [0.15, 0.2) is 5.82 Å². The molecule has 134 valence electrons. The van der Waals surface area contributed by atoms with Gasteiger partial charge in [0.1, 0.15) is 5.82 Å². The number of nitrogens with one attached hydrogen (secondary N) is 1. The molecule has 0 radical (unpaired) electrons. The fourth-order valence-electron chi connectivity index (χ4n) is 2.41. The fraction of sp³-hybridized carbons (Fsp3) is 0.167. The third-order valence-electron chi connectivity index (χ3n) is 3.78. The molecule has 3 N–H and O–H groups in total. The summed E-state index contributed by atoms with van der Waals surface area (Å²) in [6.07, 6.45) is 0. The van der Waals surface area contributed by atoms with Gasteiger partial charge in [-0.15, -0.1) is 10.2 Å². The lowest BCUT2D eigenvalue weighted by molar-refractivity contribution is -0.119. The van der Waals surface area contributed by atoms with E-state index in [4.69, 9.17) is 5.84 Å². The van der Waals surface area contributed by atoms with Gasteiger partial charge in [0.25, 0.3) is 0 Å². The van der Waals surface area contributed by atoms with Crippen LogP contribution in [0.1, 0.15) is 18.5 Å². The molecule has 0 unspecified atom stereocenters. The summed E-state index contributed by atoms with van der Waals surface area (Å²) in [5.41, 5.74) is 1.68. The Morgan fingerprint density at radius 3 is 2.58 bits per heavy atom. The molecule has 0 saturated heterocycles. The molecule has 0 aliphatic rings. The zero-order valence-electron chi connectivity index (χ0n) is 14.1. The molecule has 6 nitrogen and oxygen atoms in total. The number of rotatable bonds is 6. The first-order chi connectivity index (χ1) is 12.5. The number of hydrogen-bond donors (Lipinski definition) is 2. The van der Waals surface area contributed by atoms with E-state index in [1.54, 1.807) is 12.1 Å². The summed E-state index contributed by atoms with van der Waals surface area (Å²) in [5, 5.41) is 11.4. The van der Waals surface area contributed by atoms with Gasteiger partial charge in [-0.3, -0.25) is 4.79 Å².